The predicted molar refractivity (Wildman–Crippen MR) is 110 cm³/mol. The number of aliphatic carboxylic acids is 2. The second-order valence-corrected chi connectivity index (χ2v) is 6.55. The Hall–Kier alpha value is -3.51. The summed E-state index contributed by atoms with van der Waals surface area (Å²) >= 11 is 0. The van der Waals surface area contributed by atoms with E-state index < -0.39 is 23.9 Å². The molecule has 0 unspecified atom stereocenters. The first kappa shape index (κ1) is 28.5. The Morgan fingerprint density at radius 2 is 1.56 bits per heavy atom. The third kappa shape index (κ3) is 12.9. The largest absolute Gasteiger partial charge is 0.506 e. The van der Waals surface area contributed by atoms with Gasteiger partial charge in [-0.25, -0.2) is 9.59 Å². The van der Waals surface area contributed by atoms with E-state index in [2.05, 4.69) is 4.98 Å². The van der Waals surface area contributed by atoms with Gasteiger partial charge in [0.25, 0.3) is 0 Å². The third-order valence-electron chi connectivity index (χ3n) is 3.68. The SMILES string of the molecule is Cc1ncc(COC(=O)CCC(=O)OCCN(C)C)c(CO)c1O.O=C(O)C=CC(=O)O. The Balaban J connectivity index is 0.00000102. The molecule has 12 heteroatoms. The molecule has 0 aromatic carbocycles. The van der Waals surface area contributed by atoms with Crippen LogP contribution in [0.3, 0.4) is 0 Å². The fourth-order valence-electron chi connectivity index (χ4n) is 1.98. The summed E-state index contributed by atoms with van der Waals surface area (Å²) in [4.78, 5) is 48.1. The Morgan fingerprint density at radius 1 is 1.03 bits per heavy atom. The smallest absolute Gasteiger partial charge is 0.328 e. The van der Waals surface area contributed by atoms with Crippen molar-refractivity contribution in [3.05, 3.63) is 35.2 Å². The van der Waals surface area contributed by atoms with Gasteiger partial charge < -0.3 is 34.8 Å². The number of carbonyl (C=O) groups is 4. The highest BCUT2D eigenvalue weighted by Gasteiger charge is 2.14. The van der Waals surface area contributed by atoms with Crippen LogP contribution in [0, 0.1) is 6.92 Å². The summed E-state index contributed by atoms with van der Waals surface area (Å²) in [5, 5.41) is 34.7. The molecule has 178 valence electrons. The average Bonchev–Trinajstić information content (AvgIpc) is 2.71. The van der Waals surface area contributed by atoms with Crippen LogP contribution in [0.5, 0.6) is 5.75 Å². The molecule has 4 N–H and O–H groups in total. The van der Waals surface area contributed by atoms with Gasteiger partial charge >= 0.3 is 23.9 Å². The molecule has 1 rings (SSSR count). The Labute approximate surface area is 184 Å². The van der Waals surface area contributed by atoms with Gasteiger partial charge in [0.05, 0.1) is 25.1 Å². The zero-order chi connectivity index (χ0) is 24.7. The molecular formula is C20H28N2O10. The number of aryl methyl sites for hydroxylation is 1. The first-order valence-electron chi connectivity index (χ1n) is 9.35. The minimum absolute atomic E-state index is 0.0590. The van der Waals surface area contributed by atoms with E-state index in [9.17, 15) is 29.4 Å². The number of aliphatic hydroxyl groups excluding tert-OH is 1. The van der Waals surface area contributed by atoms with Crippen LogP contribution in [-0.4, -0.2) is 81.4 Å². The molecule has 0 saturated heterocycles. The first-order valence-corrected chi connectivity index (χ1v) is 9.35. The summed E-state index contributed by atoms with van der Waals surface area (Å²) in [6.45, 7) is 1.97. The van der Waals surface area contributed by atoms with Gasteiger partial charge in [-0.1, -0.05) is 0 Å². The molecule has 12 nitrogen and oxygen atoms in total. The van der Waals surface area contributed by atoms with Crippen LogP contribution in [0.1, 0.15) is 29.7 Å². The number of likely N-dealkylation sites (N-methyl/N-ethyl adjacent to an activating group) is 1. The summed E-state index contributed by atoms with van der Waals surface area (Å²) in [5.74, 6) is -3.65. The van der Waals surface area contributed by atoms with Crippen LogP contribution >= 0.6 is 0 Å². The number of carboxylic acid groups (broad SMARTS) is 2. The van der Waals surface area contributed by atoms with Crippen molar-refractivity contribution in [2.75, 3.05) is 27.2 Å². The zero-order valence-electron chi connectivity index (χ0n) is 18.1. The van der Waals surface area contributed by atoms with E-state index in [0.717, 1.165) is 0 Å². The number of pyridine rings is 1. The van der Waals surface area contributed by atoms with Gasteiger partial charge in [-0.2, -0.15) is 0 Å². The molecule has 0 aliphatic rings. The van der Waals surface area contributed by atoms with Crippen LogP contribution in [0.4, 0.5) is 0 Å². The molecule has 0 radical (unpaired) electrons. The maximum atomic E-state index is 11.7. The molecule has 1 aromatic heterocycles. The maximum absolute atomic E-state index is 11.7. The highest BCUT2D eigenvalue weighted by Crippen LogP contribution is 2.24. The number of aliphatic hydroxyl groups is 1. The summed E-state index contributed by atoms with van der Waals surface area (Å²) in [6.07, 6.45) is 2.39. The Morgan fingerprint density at radius 3 is 2.03 bits per heavy atom. The standard InChI is InChI=1S/C16H24N2O6.C4H4O4/c1-11-16(22)13(9-19)12(8-17-11)10-24-15(21)5-4-14(20)23-7-6-18(2)3;5-3(6)1-2-4(7)8/h8,19,22H,4-7,9-10H2,1-3H3;1-2H,(H,5,6)(H,7,8). The van der Waals surface area contributed by atoms with E-state index in [1.807, 2.05) is 19.0 Å². The number of ether oxygens (including phenoxy) is 2. The Bertz CT molecular complexity index is 805. The minimum atomic E-state index is -1.26. The lowest BCUT2D eigenvalue weighted by Crippen LogP contribution is -2.20. The molecule has 0 atom stereocenters. The molecule has 1 heterocycles. The molecule has 0 saturated carbocycles. The van der Waals surface area contributed by atoms with Gasteiger partial charge in [0.1, 0.15) is 19.0 Å². The van der Waals surface area contributed by atoms with E-state index in [4.69, 9.17) is 19.7 Å². The molecule has 0 aliphatic heterocycles. The van der Waals surface area contributed by atoms with Gasteiger partial charge in [-0.3, -0.25) is 14.6 Å². The maximum Gasteiger partial charge on any atom is 0.328 e. The molecule has 0 fully saturated rings. The summed E-state index contributed by atoms with van der Waals surface area (Å²) in [5.41, 5.74) is 1.08. The Kier molecular flexibility index (Phi) is 13.6. The van der Waals surface area contributed by atoms with Crippen LogP contribution in [0.15, 0.2) is 18.3 Å². The van der Waals surface area contributed by atoms with Crippen molar-refractivity contribution in [1.82, 2.24) is 9.88 Å². The fraction of sp³-hybridized carbons (Fsp3) is 0.450. The second kappa shape index (κ2) is 15.3. The van der Waals surface area contributed by atoms with Gasteiger partial charge in [0, 0.05) is 36.0 Å². The summed E-state index contributed by atoms with van der Waals surface area (Å²) < 4.78 is 10.0. The van der Waals surface area contributed by atoms with E-state index >= 15 is 0 Å². The lowest BCUT2D eigenvalue weighted by Gasteiger charge is -2.11. The average molecular weight is 456 g/mol. The molecule has 32 heavy (non-hydrogen) atoms. The molecule has 1 aromatic rings. The minimum Gasteiger partial charge on any atom is -0.506 e. The van der Waals surface area contributed by atoms with E-state index in [0.29, 0.717) is 30.0 Å². The van der Waals surface area contributed by atoms with E-state index in [1.54, 1.807) is 6.92 Å². The molecule has 0 bridgehead atoms. The number of esters is 2. The summed E-state index contributed by atoms with van der Waals surface area (Å²) in [6, 6.07) is 0. The molecule has 0 spiro atoms. The quantitative estimate of drug-likeness (QED) is 0.263. The second-order valence-electron chi connectivity index (χ2n) is 6.55. The lowest BCUT2D eigenvalue weighted by molar-refractivity contribution is -0.151. The van der Waals surface area contributed by atoms with Crippen molar-refractivity contribution in [1.29, 1.82) is 0 Å². The van der Waals surface area contributed by atoms with Gasteiger partial charge in [0.15, 0.2) is 0 Å². The first-order chi connectivity index (χ1) is 15.0. The molecular weight excluding hydrogens is 428 g/mol. The topological polar surface area (TPSA) is 184 Å². The number of hydrogen-bond acceptors (Lipinski definition) is 10. The van der Waals surface area contributed by atoms with Crippen molar-refractivity contribution in [2.24, 2.45) is 0 Å². The lowest BCUT2D eigenvalue weighted by atomic mass is 10.1. The van der Waals surface area contributed by atoms with Crippen molar-refractivity contribution < 1.29 is 49.1 Å². The number of carboxylic acids is 2. The van der Waals surface area contributed by atoms with Crippen LogP contribution in [0.2, 0.25) is 0 Å². The van der Waals surface area contributed by atoms with E-state index in [1.165, 1.54) is 6.20 Å². The molecule has 0 aliphatic carbocycles. The van der Waals surface area contributed by atoms with Crippen molar-refractivity contribution in [3.8, 4) is 5.75 Å². The number of rotatable bonds is 11. The highest BCUT2D eigenvalue weighted by atomic mass is 16.5. The van der Waals surface area contributed by atoms with E-state index in [-0.39, 0.29) is 44.0 Å². The fourth-order valence-corrected chi connectivity index (χ4v) is 1.98. The van der Waals surface area contributed by atoms with Gasteiger partial charge in [0.2, 0.25) is 0 Å². The number of aromatic nitrogens is 1. The summed E-state index contributed by atoms with van der Waals surface area (Å²) in [7, 11) is 3.73. The van der Waals surface area contributed by atoms with Crippen LogP contribution in [-0.2, 0) is 41.9 Å². The van der Waals surface area contributed by atoms with Crippen molar-refractivity contribution in [3.63, 3.8) is 0 Å². The number of hydrogen-bond donors (Lipinski definition) is 4. The van der Waals surface area contributed by atoms with Crippen molar-refractivity contribution in [2.45, 2.75) is 33.0 Å². The third-order valence-corrected chi connectivity index (χ3v) is 3.68. The number of nitrogens with zero attached hydrogens (tertiary/aromatic N) is 2. The zero-order valence-corrected chi connectivity index (χ0v) is 18.1. The van der Waals surface area contributed by atoms with Crippen molar-refractivity contribution >= 4 is 23.9 Å². The number of aromatic hydroxyl groups is 1. The van der Waals surface area contributed by atoms with Crippen LogP contribution < -0.4 is 0 Å². The van der Waals surface area contributed by atoms with Gasteiger partial charge in [-0.15, -0.1) is 0 Å². The monoisotopic (exact) mass is 456 g/mol. The van der Waals surface area contributed by atoms with Crippen LogP contribution in [0.25, 0.3) is 0 Å². The number of carbonyl (C=O) groups excluding carboxylic acids is 2. The normalized spacial score (nSPS) is 10.4. The van der Waals surface area contributed by atoms with Gasteiger partial charge in [-0.05, 0) is 21.0 Å². The highest BCUT2D eigenvalue weighted by molar-refractivity contribution is 5.89. The predicted octanol–water partition coefficient (Wildman–Crippen LogP) is 0.228. The molecule has 0 amide bonds.